The number of ether oxygens (including phenoxy) is 1. The van der Waals surface area contributed by atoms with Gasteiger partial charge >= 0.3 is 5.97 Å². The molecule has 0 aliphatic heterocycles. The normalized spacial score (nSPS) is 12.1. The van der Waals surface area contributed by atoms with E-state index in [4.69, 9.17) is 5.73 Å². The van der Waals surface area contributed by atoms with Crippen molar-refractivity contribution < 1.29 is 14.3 Å². The first-order chi connectivity index (χ1) is 7.69. The zero-order valence-electron chi connectivity index (χ0n) is 9.23. The summed E-state index contributed by atoms with van der Waals surface area (Å²) in [5, 5.41) is 0. The molecular weight excluding hydrogens is 206 g/mol. The molecule has 1 saturated carbocycles. The van der Waals surface area contributed by atoms with E-state index in [2.05, 4.69) is 4.74 Å². The van der Waals surface area contributed by atoms with E-state index in [-0.39, 0.29) is 0 Å². The highest BCUT2D eigenvalue weighted by Crippen LogP contribution is 2.15. The van der Waals surface area contributed by atoms with Gasteiger partial charge in [0.1, 0.15) is 0 Å². The molecule has 1 aromatic rings. The lowest BCUT2D eigenvalue weighted by atomic mass is 10.1. The molecule has 4 nitrogen and oxygen atoms in total. The Labute approximate surface area is 94.4 Å². The van der Waals surface area contributed by atoms with E-state index >= 15 is 0 Å². The van der Waals surface area contributed by atoms with Crippen molar-refractivity contribution >= 4 is 17.9 Å². The van der Waals surface area contributed by atoms with Gasteiger partial charge in [0.15, 0.2) is 6.29 Å². The van der Waals surface area contributed by atoms with Crippen molar-refractivity contribution in [2.75, 3.05) is 12.8 Å². The number of benzene rings is 1. The highest BCUT2D eigenvalue weighted by atomic mass is 16.5. The van der Waals surface area contributed by atoms with Gasteiger partial charge in [0.25, 0.3) is 0 Å². The van der Waals surface area contributed by atoms with Gasteiger partial charge in [-0.1, -0.05) is 19.3 Å². The van der Waals surface area contributed by atoms with Gasteiger partial charge in [0.05, 0.1) is 12.7 Å². The second kappa shape index (κ2) is 5.90. The Hall–Kier alpha value is -1.84. The number of anilines is 1. The Morgan fingerprint density at radius 1 is 1.38 bits per heavy atom. The Kier molecular flexibility index (Phi) is 4.51. The molecule has 0 bridgehead atoms. The second-order valence-electron chi connectivity index (χ2n) is 3.51. The summed E-state index contributed by atoms with van der Waals surface area (Å²) in [5.74, 6) is -0.483. The maximum atomic E-state index is 11.0. The summed E-state index contributed by atoms with van der Waals surface area (Å²) in [6.07, 6.45) is 5.10. The number of nitrogen functional groups attached to an aromatic ring is 1. The standard InChI is InChI=1S/C9H9NO3.C3H6/c1-13-9(12)6-2-3-8(10)7(4-6)5-11;1-2-3-1/h2-5H,10H2,1H3;1-3H2. The molecule has 2 N–H and O–H groups in total. The van der Waals surface area contributed by atoms with Crippen molar-refractivity contribution in [3.63, 3.8) is 0 Å². The minimum atomic E-state index is -0.483. The average molecular weight is 221 g/mol. The molecule has 0 aromatic heterocycles. The number of nitrogens with two attached hydrogens (primary N) is 1. The first-order valence-electron chi connectivity index (χ1n) is 5.12. The predicted octanol–water partition coefficient (Wildman–Crippen LogP) is 2.04. The molecule has 0 amide bonds. The van der Waals surface area contributed by atoms with Crippen LogP contribution in [-0.2, 0) is 4.74 Å². The van der Waals surface area contributed by atoms with Crippen molar-refractivity contribution in [1.29, 1.82) is 0 Å². The third-order valence-corrected chi connectivity index (χ3v) is 1.99. The van der Waals surface area contributed by atoms with Gasteiger partial charge in [0.2, 0.25) is 0 Å². The fraction of sp³-hybridized carbons (Fsp3) is 0.333. The minimum absolute atomic E-state index is 0.294. The molecule has 0 unspecified atom stereocenters. The molecular formula is C12H15NO3. The van der Waals surface area contributed by atoms with Crippen LogP contribution in [0.25, 0.3) is 0 Å². The van der Waals surface area contributed by atoms with E-state index in [0.717, 1.165) is 0 Å². The van der Waals surface area contributed by atoms with Gasteiger partial charge < -0.3 is 10.5 Å². The first kappa shape index (κ1) is 12.2. The summed E-state index contributed by atoms with van der Waals surface area (Å²) in [7, 11) is 1.28. The minimum Gasteiger partial charge on any atom is -0.465 e. The number of carbonyl (C=O) groups is 2. The Morgan fingerprint density at radius 2 is 2.00 bits per heavy atom. The van der Waals surface area contributed by atoms with Crippen molar-refractivity contribution in [1.82, 2.24) is 0 Å². The van der Waals surface area contributed by atoms with Gasteiger partial charge in [0, 0.05) is 11.3 Å². The van der Waals surface area contributed by atoms with E-state index in [1.165, 1.54) is 44.6 Å². The molecule has 4 heteroatoms. The SMILES string of the molecule is C1CC1.COC(=O)c1ccc(N)c(C=O)c1. The highest BCUT2D eigenvalue weighted by Gasteiger charge is 2.07. The number of aldehydes is 1. The zero-order chi connectivity index (χ0) is 12.0. The Morgan fingerprint density at radius 3 is 2.44 bits per heavy atom. The predicted molar refractivity (Wildman–Crippen MR) is 61.4 cm³/mol. The summed E-state index contributed by atoms with van der Waals surface area (Å²) in [6, 6.07) is 4.40. The van der Waals surface area contributed by atoms with Gasteiger partial charge in [-0.25, -0.2) is 4.79 Å². The smallest absolute Gasteiger partial charge is 0.337 e. The lowest BCUT2D eigenvalue weighted by Crippen LogP contribution is -2.03. The molecule has 1 aliphatic carbocycles. The fourth-order valence-electron chi connectivity index (χ4n) is 0.922. The van der Waals surface area contributed by atoms with Crippen LogP contribution in [0.5, 0.6) is 0 Å². The number of hydrogen-bond acceptors (Lipinski definition) is 4. The third-order valence-electron chi connectivity index (χ3n) is 1.99. The number of methoxy groups -OCH3 is 1. The number of rotatable bonds is 2. The number of hydrogen-bond donors (Lipinski definition) is 1. The van der Waals surface area contributed by atoms with Gasteiger partial charge in [-0.2, -0.15) is 0 Å². The molecule has 1 aromatic carbocycles. The Bertz CT molecular complexity index is 383. The fourth-order valence-corrected chi connectivity index (χ4v) is 0.922. The topological polar surface area (TPSA) is 69.4 Å². The third kappa shape index (κ3) is 3.73. The molecule has 16 heavy (non-hydrogen) atoms. The summed E-state index contributed by atoms with van der Waals surface area (Å²) in [4.78, 5) is 21.5. The quantitative estimate of drug-likeness (QED) is 0.471. The zero-order valence-corrected chi connectivity index (χ0v) is 9.23. The molecule has 0 saturated heterocycles. The maximum absolute atomic E-state index is 11.0. The largest absolute Gasteiger partial charge is 0.465 e. The molecule has 2 rings (SSSR count). The van der Waals surface area contributed by atoms with Crippen molar-refractivity contribution in [2.24, 2.45) is 0 Å². The number of esters is 1. The van der Waals surface area contributed by atoms with Crippen molar-refractivity contribution in [3.05, 3.63) is 29.3 Å². The summed E-state index contributed by atoms with van der Waals surface area (Å²) in [5.41, 5.74) is 6.42. The first-order valence-corrected chi connectivity index (χ1v) is 5.12. The van der Waals surface area contributed by atoms with Crippen LogP contribution >= 0.6 is 0 Å². The highest BCUT2D eigenvalue weighted by molar-refractivity contribution is 5.93. The van der Waals surface area contributed by atoms with E-state index in [9.17, 15) is 9.59 Å². The van der Waals surface area contributed by atoms with Gasteiger partial charge in [-0.15, -0.1) is 0 Å². The molecule has 0 atom stereocenters. The van der Waals surface area contributed by atoms with Crippen LogP contribution in [0.4, 0.5) is 5.69 Å². The van der Waals surface area contributed by atoms with E-state index in [0.29, 0.717) is 23.1 Å². The summed E-state index contributed by atoms with van der Waals surface area (Å²) in [6.45, 7) is 0. The maximum Gasteiger partial charge on any atom is 0.337 e. The Balaban J connectivity index is 0.000000365. The van der Waals surface area contributed by atoms with Crippen molar-refractivity contribution in [3.8, 4) is 0 Å². The van der Waals surface area contributed by atoms with E-state index in [1.54, 1.807) is 0 Å². The number of carbonyl (C=O) groups excluding carboxylic acids is 2. The molecule has 0 radical (unpaired) electrons. The van der Waals surface area contributed by atoms with Gasteiger partial charge in [-0.3, -0.25) is 4.79 Å². The lowest BCUT2D eigenvalue weighted by molar-refractivity contribution is 0.0601. The molecule has 0 spiro atoms. The molecule has 86 valence electrons. The van der Waals surface area contributed by atoms with Crippen molar-refractivity contribution in [2.45, 2.75) is 19.3 Å². The lowest BCUT2D eigenvalue weighted by Gasteiger charge is -2.01. The van der Waals surface area contributed by atoms with Gasteiger partial charge in [-0.05, 0) is 18.2 Å². The monoisotopic (exact) mass is 221 g/mol. The summed E-state index contributed by atoms with van der Waals surface area (Å²) < 4.78 is 4.48. The van der Waals surface area contributed by atoms with Crippen LogP contribution in [0.15, 0.2) is 18.2 Å². The van der Waals surface area contributed by atoms with Crippen LogP contribution in [-0.4, -0.2) is 19.4 Å². The molecule has 1 aliphatic rings. The summed E-state index contributed by atoms with van der Waals surface area (Å²) >= 11 is 0. The van der Waals surface area contributed by atoms with E-state index < -0.39 is 5.97 Å². The van der Waals surface area contributed by atoms with Crippen LogP contribution < -0.4 is 5.73 Å². The van der Waals surface area contributed by atoms with Crippen LogP contribution in [0.1, 0.15) is 40.0 Å². The average Bonchev–Trinajstić information content (AvgIpc) is 3.16. The van der Waals surface area contributed by atoms with Crippen LogP contribution in [0.2, 0.25) is 0 Å². The van der Waals surface area contributed by atoms with E-state index in [1.807, 2.05) is 0 Å². The van der Waals surface area contributed by atoms with Crippen LogP contribution in [0.3, 0.4) is 0 Å². The molecule has 1 fully saturated rings. The van der Waals surface area contributed by atoms with Crippen LogP contribution in [0, 0.1) is 0 Å². The second-order valence-corrected chi connectivity index (χ2v) is 3.51. The molecule has 0 heterocycles.